The minimum Gasteiger partial charge on any atom is -0.489 e. The number of hydrogen-bond donors (Lipinski definition) is 0. The minimum atomic E-state index is 0.0101. The summed E-state index contributed by atoms with van der Waals surface area (Å²) in [6.07, 6.45) is 4.21. The van der Waals surface area contributed by atoms with Crippen molar-refractivity contribution in [3.63, 3.8) is 0 Å². The first-order valence-electron chi connectivity index (χ1n) is 9.57. The van der Waals surface area contributed by atoms with E-state index in [1.165, 1.54) is 5.69 Å². The Morgan fingerprint density at radius 3 is 2.54 bits per heavy atom. The molecule has 2 aliphatic heterocycles. The lowest BCUT2D eigenvalue weighted by atomic mass is 10.1. The van der Waals surface area contributed by atoms with E-state index < -0.39 is 0 Å². The first-order valence-corrected chi connectivity index (χ1v) is 9.94. The number of nitrogens with zero attached hydrogens (tertiary/aromatic N) is 2. The summed E-state index contributed by atoms with van der Waals surface area (Å²) in [7, 11) is 0. The summed E-state index contributed by atoms with van der Waals surface area (Å²) in [5.74, 6) is 1.23. The van der Waals surface area contributed by atoms with Crippen LogP contribution in [0.4, 0.5) is 5.69 Å². The van der Waals surface area contributed by atoms with E-state index >= 15 is 0 Å². The number of benzene rings is 2. The summed E-state index contributed by atoms with van der Waals surface area (Å²) in [4.78, 5) is 16.8. The largest absolute Gasteiger partial charge is 0.489 e. The molecule has 1 saturated heterocycles. The summed E-state index contributed by atoms with van der Waals surface area (Å²) in [6.45, 7) is 4.27. The van der Waals surface area contributed by atoms with Crippen molar-refractivity contribution in [1.29, 1.82) is 0 Å². The first-order chi connectivity index (χ1) is 13.7. The number of rotatable bonds is 3. The number of anilines is 1. The Bertz CT molecular complexity index is 862. The van der Waals surface area contributed by atoms with Crippen LogP contribution >= 0.6 is 11.6 Å². The molecule has 0 radical (unpaired) electrons. The van der Waals surface area contributed by atoms with Crippen LogP contribution in [0, 0.1) is 0 Å². The van der Waals surface area contributed by atoms with Crippen LogP contribution in [0.1, 0.15) is 12.0 Å². The van der Waals surface area contributed by atoms with Gasteiger partial charge in [0.15, 0.2) is 11.5 Å². The molecule has 6 heteroatoms. The summed E-state index contributed by atoms with van der Waals surface area (Å²) in [6, 6.07) is 14.0. The second kappa shape index (κ2) is 8.57. The monoisotopic (exact) mass is 398 g/mol. The van der Waals surface area contributed by atoms with Gasteiger partial charge in [-0.3, -0.25) is 4.79 Å². The first kappa shape index (κ1) is 18.7. The molecule has 0 aliphatic carbocycles. The van der Waals surface area contributed by atoms with Gasteiger partial charge in [-0.2, -0.15) is 0 Å². The maximum atomic E-state index is 12.6. The fourth-order valence-corrected chi connectivity index (χ4v) is 3.72. The molecule has 2 heterocycles. The molecule has 2 aliphatic rings. The molecule has 1 amide bonds. The number of carbonyl (C=O) groups excluding carboxylic acids is 1. The van der Waals surface area contributed by atoms with E-state index in [0.29, 0.717) is 42.8 Å². The topological polar surface area (TPSA) is 42.0 Å². The lowest BCUT2D eigenvalue weighted by molar-refractivity contribution is -0.126. The van der Waals surface area contributed by atoms with Gasteiger partial charge >= 0.3 is 0 Å². The van der Waals surface area contributed by atoms with E-state index in [1.54, 1.807) is 18.2 Å². The quantitative estimate of drug-likeness (QED) is 0.736. The van der Waals surface area contributed by atoms with Crippen LogP contribution in [0.5, 0.6) is 11.5 Å². The molecular weight excluding hydrogens is 376 g/mol. The number of para-hydroxylation sites is 1. The highest BCUT2D eigenvalue weighted by atomic mass is 35.5. The van der Waals surface area contributed by atoms with Gasteiger partial charge in [-0.05, 0) is 35.9 Å². The highest BCUT2D eigenvalue weighted by Crippen LogP contribution is 2.38. The lowest BCUT2D eigenvalue weighted by Crippen LogP contribution is -2.48. The molecule has 2 aromatic rings. The van der Waals surface area contributed by atoms with Crippen molar-refractivity contribution in [2.45, 2.75) is 6.42 Å². The average Bonchev–Trinajstić information content (AvgIpc) is 2.99. The van der Waals surface area contributed by atoms with E-state index in [0.717, 1.165) is 25.1 Å². The van der Waals surface area contributed by atoms with E-state index in [4.69, 9.17) is 21.1 Å². The molecule has 0 atom stereocenters. The summed E-state index contributed by atoms with van der Waals surface area (Å²) >= 11 is 6.32. The molecule has 4 rings (SSSR count). The molecule has 28 heavy (non-hydrogen) atoms. The molecule has 0 unspecified atom stereocenters. The number of hydrogen-bond acceptors (Lipinski definition) is 4. The van der Waals surface area contributed by atoms with Crippen molar-refractivity contribution in [2.75, 3.05) is 44.3 Å². The van der Waals surface area contributed by atoms with Gasteiger partial charge in [-0.1, -0.05) is 29.8 Å². The minimum absolute atomic E-state index is 0.0101. The number of ether oxygens (including phenoxy) is 2. The molecule has 5 nitrogen and oxygen atoms in total. The highest BCUT2D eigenvalue weighted by Gasteiger charge is 2.20. The van der Waals surface area contributed by atoms with Gasteiger partial charge < -0.3 is 19.3 Å². The van der Waals surface area contributed by atoms with Crippen LogP contribution in [0.2, 0.25) is 5.02 Å². The van der Waals surface area contributed by atoms with Crippen molar-refractivity contribution in [2.24, 2.45) is 0 Å². The van der Waals surface area contributed by atoms with Crippen molar-refractivity contribution < 1.29 is 14.3 Å². The predicted molar refractivity (Wildman–Crippen MR) is 111 cm³/mol. The van der Waals surface area contributed by atoms with Gasteiger partial charge in [0, 0.05) is 44.4 Å². The van der Waals surface area contributed by atoms with E-state index in [1.807, 2.05) is 29.2 Å². The maximum absolute atomic E-state index is 12.6. The Labute approximate surface area is 170 Å². The fraction of sp³-hybridized carbons (Fsp3) is 0.318. The van der Waals surface area contributed by atoms with Crippen molar-refractivity contribution in [1.82, 2.24) is 4.90 Å². The summed E-state index contributed by atoms with van der Waals surface area (Å²) < 4.78 is 11.3. The Morgan fingerprint density at radius 2 is 1.75 bits per heavy atom. The average molecular weight is 399 g/mol. The Morgan fingerprint density at radius 1 is 1.00 bits per heavy atom. The third-order valence-electron chi connectivity index (χ3n) is 4.96. The smallest absolute Gasteiger partial charge is 0.246 e. The molecular formula is C22H23ClN2O3. The number of piperazine rings is 1. The van der Waals surface area contributed by atoms with Crippen LogP contribution in [0.25, 0.3) is 6.08 Å². The molecule has 0 spiro atoms. The Balaban J connectivity index is 1.38. The maximum Gasteiger partial charge on any atom is 0.246 e. The van der Waals surface area contributed by atoms with E-state index in [2.05, 4.69) is 17.0 Å². The number of amides is 1. The fourth-order valence-electron chi connectivity index (χ4n) is 3.44. The third kappa shape index (κ3) is 4.25. The van der Waals surface area contributed by atoms with Crippen LogP contribution in [-0.4, -0.2) is 50.2 Å². The SMILES string of the molecule is O=C(/C=C/c1cc(Cl)c2c(c1)OCCCO2)N1CCN(c2ccccc2)CC1. The predicted octanol–water partition coefficient (Wildman–Crippen LogP) is 3.86. The van der Waals surface area contributed by atoms with Crippen LogP contribution in [0.15, 0.2) is 48.5 Å². The molecule has 0 saturated carbocycles. The lowest BCUT2D eigenvalue weighted by Gasteiger charge is -2.35. The van der Waals surface area contributed by atoms with Gasteiger partial charge in [-0.15, -0.1) is 0 Å². The number of carbonyl (C=O) groups is 1. The van der Waals surface area contributed by atoms with Crippen LogP contribution < -0.4 is 14.4 Å². The highest BCUT2D eigenvalue weighted by molar-refractivity contribution is 6.32. The van der Waals surface area contributed by atoms with Gasteiger partial charge in [0.1, 0.15) is 0 Å². The summed E-state index contributed by atoms with van der Waals surface area (Å²) in [5, 5.41) is 0.503. The zero-order valence-electron chi connectivity index (χ0n) is 15.6. The molecule has 0 bridgehead atoms. The second-order valence-electron chi connectivity index (χ2n) is 6.86. The van der Waals surface area contributed by atoms with Crippen molar-refractivity contribution in [3.8, 4) is 11.5 Å². The van der Waals surface area contributed by atoms with Crippen LogP contribution in [0.3, 0.4) is 0 Å². The van der Waals surface area contributed by atoms with Gasteiger partial charge in [-0.25, -0.2) is 0 Å². The molecule has 0 aromatic heterocycles. The van der Waals surface area contributed by atoms with Gasteiger partial charge in [0.25, 0.3) is 0 Å². The van der Waals surface area contributed by atoms with E-state index in [9.17, 15) is 4.79 Å². The Kier molecular flexibility index (Phi) is 5.72. The number of halogens is 1. The standard InChI is InChI=1S/C22H23ClN2O3/c23-19-15-17(16-20-22(19)28-14-4-13-27-20)7-8-21(26)25-11-9-24(10-12-25)18-5-2-1-3-6-18/h1-3,5-8,15-16H,4,9-14H2/b8-7+. The second-order valence-corrected chi connectivity index (χ2v) is 7.27. The molecule has 146 valence electrons. The number of fused-ring (bicyclic) bond motifs is 1. The van der Waals surface area contributed by atoms with E-state index in [-0.39, 0.29) is 5.91 Å². The molecule has 2 aromatic carbocycles. The molecule has 0 N–H and O–H groups in total. The van der Waals surface area contributed by atoms with Crippen molar-refractivity contribution in [3.05, 3.63) is 59.1 Å². The normalized spacial score (nSPS) is 16.9. The zero-order valence-corrected chi connectivity index (χ0v) is 16.4. The van der Waals surface area contributed by atoms with Crippen LogP contribution in [-0.2, 0) is 4.79 Å². The van der Waals surface area contributed by atoms with Crippen molar-refractivity contribution >= 4 is 29.3 Å². The Hall–Kier alpha value is -2.66. The summed E-state index contributed by atoms with van der Waals surface area (Å²) in [5.41, 5.74) is 2.03. The van der Waals surface area contributed by atoms with Gasteiger partial charge in [0.05, 0.1) is 18.2 Å². The third-order valence-corrected chi connectivity index (χ3v) is 5.24. The van der Waals surface area contributed by atoms with Gasteiger partial charge in [0.2, 0.25) is 5.91 Å². The zero-order chi connectivity index (χ0) is 19.3. The molecule has 1 fully saturated rings.